The van der Waals surface area contributed by atoms with E-state index in [0.29, 0.717) is 13.0 Å². The van der Waals surface area contributed by atoms with Crippen molar-refractivity contribution in [1.82, 2.24) is 4.31 Å². The molecule has 1 aliphatic heterocycles. The van der Waals surface area contributed by atoms with E-state index in [0.717, 1.165) is 6.07 Å². The first-order valence-corrected chi connectivity index (χ1v) is 6.77. The molecule has 1 unspecified atom stereocenters. The third kappa shape index (κ3) is 2.34. The first-order valence-electron chi connectivity index (χ1n) is 5.33. The Labute approximate surface area is 100 Å². The molecule has 4 nitrogen and oxygen atoms in total. The highest BCUT2D eigenvalue weighted by Gasteiger charge is 2.33. The largest absolute Gasteiger partial charge is 0.380 e. The van der Waals surface area contributed by atoms with Crippen LogP contribution in [0.5, 0.6) is 0 Å². The maximum absolute atomic E-state index is 13.5. The van der Waals surface area contributed by atoms with Gasteiger partial charge in [-0.05, 0) is 18.6 Å². The lowest BCUT2D eigenvalue weighted by atomic mass is 10.3. The Kier molecular flexibility index (Phi) is 3.46. The fourth-order valence-corrected chi connectivity index (χ4v) is 3.45. The molecule has 1 aliphatic rings. The highest BCUT2D eigenvalue weighted by atomic mass is 32.2. The summed E-state index contributed by atoms with van der Waals surface area (Å²) in [5.74, 6) is -0.714. The van der Waals surface area contributed by atoms with Crippen LogP contribution < -0.4 is 0 Å². The molecule has 6 heteroatoms. The second kappa shape index (κ2) is 4.72. The zero-order valence-electron chi connectivity index (χ0n) is 9.47. The molecule has 0 aromatic heterocycles. The van der Waals surface area contributed by atoms with Crippen LogP contribution in [0.25, 0.3) is 0 Å². The van der Waals surface area contributed by atoms with Crippen LogP contribution in [0.1, 0.15) is 6.42 Å². The van der Waals surface area contributed by atoms with Crippen molar-refractivity contribution in [2.24, 2.45) is 0 Å². The summed E-state index contributed by atoms with van der Waals surface area (Å²) in [5, 5.41) is 0. The third-order valence-electron chi connectivity index (χ3n) is 2.90. The number of nitrogens with zero attached hydrogens (tertiary/aromatic N) is 1. The summed E-state index contributed by atoms with van der Waals surface area (Å²) in [6.07, 6.45) is 0.543. The molecule has 1 heterocycles. The van der Waals surface area contributed by atoms with Gasteiger partial charge in [-0.25, -0.2) is 12.8 Å². The first-order chi connectivity index (χ1) is 8.05. The van der Waals surface area contributed by atoms with Crippen LogP contribution >= 0.6 is 0 Å². The van der Waals surface area contributed by atoms with Gasteiger partial charge in [-0.3, -0.25) is 0 Å². The molecule has 17 heavy (non-hydrogen) atoms. The molecule has 0 saturated carbocycles. The number of hydrogen-bond acceptors (Lipinski definition) is 3. The van der Waals surface area contributed by atoms with Gasteiger partial charge in [-0.1, -0.05) is 12.1 Å². The smallest absolute Gasteiger partial charge is 0.246 e. The van der Waals surface area contributed by atoms with E-state index in [2.05, 4.69) is 0 Å². The molecule has 1 fully saturated rings. The fraction of sp³-hybridized carbons (Fsp3) is 0.455. The Bertz CT molecular complexity index is 503. The molecule has 94 valence electrons. The van der Waals surface area contributed by atoms with Crippen molar-refractivity contribution in [3.8, 4) is 0 Å². The van der Waals surface area contributed by atoms with Crippen LogP contribution in [0, 0.1) is 5.82 Å². The van der Waals surface area contributed by atoms with E-state index in [1.807, 2.05) is 0 Å². The van der Waals surface area contributed by atoms with Gasteiger partial charge in [0.05, 0.1) is 6.10 Å². The maximum Gasteiger partial charge on any atom is 0.246 e. The van der Waals surface area contributed by atoms with Crippen molar-refractivity contribution in [2.45, 2.75) is 17.4 Å². The zero-order valence-corrected chi connectivity index (χ0v) is 10.3. The van der Waals surface area contributed by atoms with Crippen molar-refractivity contribution in [2.75, 3.05) is 20.2 Å². The number of ether oxygens (including phenoxy) is 1. The third-order valence-corrected chi connectivity index (χ3v) is 4.79. The highest BCUT2D eigenvalue weighted by Crippen LogP contribution is 2.23. The normalized spacial score (nSPS) is 21.9. The van der Waals surface area contributed by atoms with Gasteiger partial charge in [-0.15, -0.1) is 0 Å². The molecular weight excluding hydrogens is 245 g/mol. The van der Waals surface area contributed by atoms with E-state index >= 15 is 0 Å². The summed E-state index contributed by atoms with van der Waals surface area (Å²) in [5.41, 5.74) is 0. The van der Waals surface area contributed by atoms with Gasteiger partial charge in [0.25, 0.3) is 0 Å². The average molecular weight is 259 g/mol. The van der Waals surface area contributed by atoms with Crippen LogP contribution in [0.4, 0.5) is 4.39 Å². The van der Waals surface area contributed by atoms with Crippen molar-refractivity contribution in [3.63, 3.8) is 0 Å². The molecule has 1 aromatic carbocycles. The van der Waals surface area contributed by atoms with Crippen LogP contribution in [0.15, 0.2) is 29.2 Å². The van der Waals surface area contributed by atoms with Crippen LogP contribution in [-0.2, 0) is 14.8 Å². The molecule has 1 saturated heterocycles. The minimum atomic E-state index is -3.73. The Morgan fingerprint density at radius 2 is 2.12 bits per heavy atom. The number of hydrogen-bond donors (Lipinski definition) is 0. The predicted molar refractivity (Wildman–Crippen MR) is 60.6 cm³/mol. The van der Waals surface area contributed by atoms with E-state index in [9.17, 15) is 12.8 Å². The van der Waals surface area contributed by atoms with Gasteiger partial charge < -0.3 is 4.74 Å². The molecule has 1 atom stereocenters. The summed E-state index contributed by atoms with van der Waals surface area (Å²) in [7, 11) is -2.19. The molecule has 0 amide bonds. The van der Waals surface area contributed by atoms with Crippen LogP contribution in [0.2, 0.25) is 0 Å². The molecule has 0 N–H and O–H groups in total. The summed E-state index contributed by atoms with van der Waals surface area (Å²) in [4.78, 5) is -0.267. The SMILES string of the molecule is COC1CCN(S(=O)(=O)c2ccccc2F)C1. The van der Waals surface area contributed by atoms with E-state index in [4.69, 9.17) is 4.74 Å². The lowest BCUT2D eigenvalue weighted by molar-refractivity contribution is 0.115. The van der Waals surface area contributed by atoms with Crippen molar-refractivity contribution >= 4 is 10.0 Å². The van der Waals surface area contributed by atoms with Gasteiger partial charge >= 0.3 is 0 Å². The first kappa shape index (κ1) is 12.5. The van der Waals surface area contributed by atoms with Crippen LogP contribution in [-0.4, -0.2) is 39.0 Å². The van der Waals surface area contributed by atoms with E-state index in [-0.39, 0.29) is 17.5 Å². The number of methoxy groups -OCH3 is 1. The molecule has 0 aliphatic carbocycles. The van der Waals surface area contributed by atoms with Crippen molar-refractivity contribution in [3.05, 3.63) is 30.1 Å². The maximum atomic E-state index is 13.5. The lowest BCUT2D eigenvalue weighted by Gasteiger charge is -2.16. The molecular formula is C11H14FNO3S. The van der Waals surface area contributed by atoms with E-state index in [1.165, 1.54) is 22.5 Å². The number of halogens is 1. The van der Waals surface area contributed by atoms with Gasteiger partial charge in [0.2, 0.25) is 10.0 Å². The van der Waals surface area contributed by atoms with Gasteiger partial charge in [0, 0.05) is 20.2 Å². The summed E-state index contributed by atoms with van der Waals surface area (Å²) >= 11 is 0. The molecule has 1 aromatic rings. The Morgan fingerprint density at radius 1 is 1.41 bits per heavy atom. The zero-order chi connectivity index (χ0) is 12.5. The number of rotatable bonds is 3. The van der Waals surface area contributed by atoms with E-state index in [1.54, 1.807) is 7.11 Å². The summed E-state index contributed by atoms with van der Waals surface area (Å²) < 4.78 is 44.1. The Balaban J connectivity index is 2.29. The van der Waals surface area contributed by atoms with Crippen molar-refractivity contribution < 1.29 is 17.5 Å². The van der Waals surface area contributed by atoms with Gasteiger partial charge in [-0.2, -0.15) is 4.31 Å². The summed E-state index contributed by atoms with van der Waals surface area (Å²) in [6.45, 7) is 0.655. The minimum absolute atomic E-state index is 0.100. The Hall–Kier alpha value is -0.980. The molecule has 0 spiro atoms. The van der Waals surface area contributed by atoms with Crippen molar-refractivity contribution in [1.29, 1.82) is 0 Å². The second-order valence-corrected chi connectivity index (χ2v) is 5.85. The Morgan fingerprint density at radius 3 is 2.71 bits per heavy atom. The fourth-order valence-electron chi connectivity index (χ4n) is 1.90. The molecule has 0 bridgehead atoms. The number of benzene rings is 1. The monoisotopic (exact) mass is 259 g/mol. The topological polar surface area (TPSA) is 46.6 Å². The number of sulfonamides is 1. The minimum Gasteiger partial charge on any atom is -0.380 e. The average Bonchev–Trinajstić information content (AvgIpc) is 2.78. The quantitative estimate of drug-likeness (QED) is 0.820. The standard InChI is InChI=1S/C11H14FNO3S/c1-16-9-6-7-13(8-9)17(14,15)11-5-3-2-4-10(11)12/h2-5,9H,6-8H2,1H3. The molecule has 0 radical (unpaired) electrons. The van der Waals surface area contributed by atoms with Gasteiger partial charge in [0.1, 0.15) is 10.7 Å². The second-order valence-electron chi connectivity index (χ2n) is 3.94. The predicted octanol–water partition coefficient (Wildman–Crippen LogP) is 1.24. The highest BCUT2D eigenvalue weighted by molar-refractivity contribution is 7.89. The lowest BCUT2D eigenvalue weighted by Crippen LogP contribution is -2.30. The van der Waals surface area contributed by atoms with E-state index < -0.39 is 15.8 Å². The van der Waals surface area contributed by atoms with Gasteiger partial charge in [0.15, 0.2) is 0 Å². The summed E-state index contributed by atoms with van der Waals surface area (Å²) in [6, 6.07) is 5.41. The van der Waals surface area contributed by atoms with Crippen LogP contribution in [0.3, 0.4) is 0 Å². The molecule has 2 rings (SSSR count).